The van der Waals surface area contributed by atoms with E-state index < -0.39 is 11.8 Å². The molecule has 0 saturated carbocycles. The summed E-state index contributed by atoms with van der Waals surface area (Å²) in [6.07, 6.45) is 3.77. The number of aryl methyl sites for hydroxylation is 1. The molecule has 0 aliphatic carbocycles. The topological polar surface area (TPSA) is 92.1 Å². The fourth-order valence-corrected chi connectivity index (χ4v) is 3.70. The van der Waals surface area contributed by atoms with Gasteiger partial charge in [0.15, 0.2) is 0 Å². The van der Waals surface area contributed by atoms with Crippen molar-refractivity contribution in [3.8, 4) is 34.3 Å². The maximum atomic E-state index is 13.3. The Bertz CT molecular complexity index is 870. The van der Waals surface area contributed by atoms with E-state index in [-0.39, 0.29) is 11.3 Å². The van der Waals surface area contributed by atoms with Gasteiger partial charge in [0.2, 0.25) is 5.88 Å². The number of carbonyl (C=O) groups is 1. The van der Waals surface area contributed by atoms with Crippen molar-refractivity contribution in [1.29, 1.82) is 0 Å². The molecule has 1 aromatic heterocycles. The van der Waals surface area contributed by atoms with Crippen LogP contribution >= 0.6 is 0 Å². The van der Waals surface area contributed by atoms with Gasteiger partial charge in [-0.2, -0.15) is 0 Å². The highest BCUT2D eigenvalue weighted by Crippen LogP contribution is 2.47. The van der Waals surface area contributed by atoms with E-state index in [2.05, 4.69) is 4.98 Å². The SMILES string of the molecule is CCCCc1nc(O)c(C(=O)N(CCC)CCC)c(O)c1-c1c(OC)cccc1OC. The zero-order valence-corrected chi connectivity index (χ0v) is 19.2. The summed E-state index contributed by atoms with van der Waals surface area (Å²) in [6, 6.07) is 5.31. The van der Waals surface area contributed by atoms with Gasteiger partial charge in [-0.1, -0.05) is 33.3 Å². The lowest BCUT2D eigenvalue weighted by molar-refractivity contribution is 0.0748. The predicted molar refractivity (Wildman–Crippen MR) is 121 cm³/mol. The molecule has 7 nitrogen and oxygen atoms in total. The summed E-state index contributed by atoms with van der Waals surface area (Å²) in [5, 5.41) is 22.0. The lowest BCUT2D eigenvalue weighted by Gasteiger charge is -2.24. The van der Waals surface area contributed by atoms with Crippen molar-refractivity contribution in [1.82, 2.24) is 9.88 Å². The largest absolute Gasteiger partial charge is 0.506 e. The Morgan fingerprint density at radius 2 is 1.55 bits per heavy atom. The third-order valence-corrected chi connectivity index (χ3v) is 5.16. The van der Waals surface area contributed by atoms with E-state index in [9.17, 15) is 15.0 Å². The first-order valence-electron chi connectivity index (χ1n) is 10.9. The number of aromatic hydroxyl groups is 2. The molecule has 7 heteroatoms. The van der Waals surface area contributed by atoms with E-state index in [1.54, 1.807) is 23.1 Å². The Morgan fingerprint density at radius 3 is 2.03 bits per heavy atom. The summed E-state index contributed by atoms with van der Waals surface area (Å²) in [7, 11) is 3.07. The monoisotopic (exact) mass is 430 g/mol. The number of unbranched alkanes of at least 4 members (excludes halogenated alkanes) is 1. The first kappa shape index (κ1) is 24.3. The zero-order valence-electron chi connectivity index (χ0n) is 19.2. The lowest BCUT2D eigenvalue weighted by Crippen LogP contribution is -2.32. The van der Waals surface area contributed by atoms with Crippen LogP contribution in [0.3, 0.4) is 0 Å². The number of aromatic nitrogens is 1. The van der Waals surface area contributed by atoms with Crippen LogP contribution in [0, 0.1) is 0 Å². The molecule has 2 N–H and O–H groups in total. The minimum atomic E-state index is -0.455. The van der Waals surface area contributed by atoms with E-state index in [1.807, 2.05) is 20.8 Å². The molecule has 0 aliphatic heterocycles. The van der Waals surface area contributed by atoms with Gasteiger partial charge in [-0.3, -0.25) is 4.79 Å². The number of amides is 1. The Hall–Kier alpha value is -2.96. The minimum Gasteiger partial charge on any atom is -0.506 e. The number of rotatable bonds is 11. The number of pyridine rings is 1. The van der Waals surface area contributed by atoms with Gasteiger partial charge < -0.3 is 24.6 Å². The van der Waals surface area contributed by atoms with Crippen molar-refractivity contribution < 1.29 is 24.5 Å². The van der Waals surface area contributed by atoms with Gasteiger partial charge in [-0.15, -0.1) is 0 Å². The van der Waals surface area contributed by atoms with Gasteiger partial charge in [0.1, 0.15) is 22.8 Å². The molecule has 0 aliphatic rings. The van der Waals surface area contributed by atoms with E-state index in [1.165, 1.54) is 14.2 Å². The van der Waals surface area contributed by atoms with Gasteiger partial charge >= 0.3 is 0 Å². The summed E-state index contributed by atoms with van der Waals surface area (Å²) in [5.41, 5.74) is 1.17. The second kappa shape index (κ2) is 11.4. The number of nitrogens with zero attached hydrogens (tertiary/aromatic N) is 2. The normalized spacial score (nSPS) is 10.7. The smallest absolute Gasteiger partial charge is 0.263 e. The first-order chi connectivity index (χ1) is 14.9. The number of hydrogen-bond acceptors (Lipinski definition) is 6. The Morgan fingerprint density at radius 1 is 0.968 bits per heavy atom. The average Bonchev–Trinajstić information content (AvgIpc) is 2.76. The molecular weight excluding hydrogens is 396 g/mol. The van der Waals surface area contributed by atoms with Gasteiger partial charge in [0, 0.05) is 13.1 Å². The summed E-state index contributed by atoms with van der Waals surface area (Å²) in [6.45, 7) is 7.06. The molecule has 0 atom stereocenters. The van der Waals surface area contributed by atoms with Gasteiger partial charge in [-0.05, 0) is 37.8 Å². The molecule has 31 heavy (non-hydrogen) atoms. The number of methoxy groups -OCH3 is 2. The fourth-order valence-electron chi connectivity index (χ4n) is 3.70. The van der Waals surface area contributed by atoms with Crippen LogP contribution in [0.25, 0.3) is 11.1 Å². The van der Waals surface area contributed by atoms with E-state index in [0.717, 1.165) is 25.7 Å². The minimum absolute atomic E-state index is 0.190. The van der Waals surface area contributed by atoms with Crippen LogP contribution in [0.15, 0.2) is 18.2 Å². The summed E-state index contributed by atoms with van der Waals surface area (Å²) < 4.78 is 11.1. The van der Waals surface area contributed by atoms with Crippen molar-refractivity contribution in [2.24, 2.45) is 0 Å². The molecular formula is C24H34N2O5. The summed E-state index contributed by atoms with van der Waals surface area (Å²) in [4.78, 5) is 19.3. The summed E-state index contributed by atoms with van der Waals surface area (Å²) >= 11 is 0. The average molecular weight is 431 g/mol. The molecule has 1 aromatic carbocycles. The van der Waals surface area contributed by atoms with Gasteiger partial charge in [-0.25, -0.2) is 4.98 Å². The molecule has 0 bridgehead atoms. The molecule has 0 saturated heterocycles. The second-order valence-corrected chi connectivity index (χ2v) is 7.41. The van der Waals surface area contributed by atoms with Crippen LogP contribution in [0.4, 0.5) is 0 Å². The first-order valence-corrected chi connectivity index (χ1v) is 10.9. The van der Waals surface area contributed by atoms with Crippen molar-refractivity contribution >= 4 is 5.91 Å². The predicted octanol–water partition coefficient (Wildman–Crippen LogP) is 4.78. The molecule has 170 valence electrons. The van der Waals surface area contributed by atoms with Crippen molar-refractivity contribution in [2.45, 2.75) is 52.9 Å². The molecule has 0 spiro atoms. The molecule has 1 amide bonds. The Kier molecular flexibility index (Phi) is 8.97. The van der Waals surface area contributed by atoms with Crippen LogP contribution in [-0.4, -0.2) is 53.3 Å². The molecule has 0 radical (unpaired) electrons. The van der Waals surface area contributed by atoms with Crippen LogP contribution in [0.5, 0.6) is 23.1 Å². The Labute approximate surface area is 184 Å². The standard InChI is InChI=1S/C24H34N2O5/c1-6-9-11-16-19(20-17(30-4)12-10-13-18(20)31-5)22(27)21(23(28)25-16)24(29)26(14-7-2)15-8-3/h10,12-13H,6-9,11,14-15H2,1-5H3,(H2,25,27,28). The maximum Gasteiger partial charge on any atom is 0.263 e. The highest BCUT2D eigenvalue weighted by atomic mass is 16.5. The molecule has 1 heterocycles. The van der Waals surface area contributed by atoms with Crippen LogP contribution in [-0.2, 0) is 6.42 Å². The molecule has 0 fully saturated rings. The van der Waals surface area contributed by atoms with Crippen LogP contribution < -0.4 is 9.47 Å². The number of benzene rings is 1. The van der Waals surface area contributed by atoms with Crippen LogP contribution in [0.1, 0.15) is 62.5 Å². The molecule has 2 rings (SSSR count). The number of hydrogen-bond donors (Lipinski definition) is 2. The number of ether oxygens (including phenoxy) is 2. The van der Waals surface area contributed by atoms with Crippen molar-refractivity contribution in [3.05, 3.63) is 29.5 Å². The lowest BCUT2D eigenvalue weighted by atomic mass is 9.95. The highest BCUT2D eigenvalue weighted by Gasteiger charge is 2.30. The third kappa shape index (κ3) is 5.21. The Balaban J connectivity index is 2.81. The zero-order chi connectivity index (χ0) is 23.0. The van der Waals surface area contributed by atoms with Gasteiger partial charge in [0.25, 0.3) is 5.91 Å². The molecule has 2 aromatic rings. The highest BCUT2D eigenvalue weighted by molar-refractivity contribution is 6.02. The van der Waals surface area contributed by atoms with Crippen molar-refractivity contribution in [2.75, 3.05) is 27.3 Å². The van der Waals surface area contributed by atoms with E-state index in [0.29, 0.717) is 47.8 Å². The quantitative estimate of drug-likeness (QED) is 0.533. The van der Waals surface area contributed by atoms with Crippen LogP contribution in [0.2, 0.25) is 0 Å². The molecule has 0 unspecified atom stereocenters. The third-order valence-electron chi connectivity index (χ3n) is 5.16. The number of carbonyl (C=O) groups excluding carboxylic acids is 1. The van der Waals surface area contributed by atoms with Gasteiger partial charge in [0.05, 0.1) is 31.0 Å². The second-order valence-electron chi connectivity index (χ2n) is 7.41. The summed E-state index contributed by atoms with van der Waals surface area (Å²) in [5.74, 6) is -0.232. The van der Waals surface area contributed by atoms with Crippen molar-refractivity contribution in [3.63, 3.8) is 0 Å². The fraction of sp³-hybridized carbons (Fsp3) is 0.500. The maximum absolute atomic E-state index is 13.3. The van der Waals surface area contributed by atoms with E-state index in [4.69, 9.17) is 9.47 Å². The van der Waals surface area contributed by atoms with E-state index >= 15 is 0 Å².